The number of hydrogen-bond acceptors (Lipinski definition) is 5. The molecule has 0 bridgehead atoms. The molecular formula is C17H23N3O2S2. The van der Waals surface area contributed by atoms with Gasteiger partial charge in [-0.05, 0) is 37.5 Å². The Hall–Kier alpha value is -1.60. The third-order valence-corrected chi connectivity index (χ3v) is 6.27. The number of rotatable bonds is 6. The van der Waals surface area contributed by atoms with E-state index in [4.69, 9.17) is 0 Å². The lowest BCUT2D eigenvalue weighted by Gasteiger charge is -2.21. The molecule has 1 aromatic carbocycles. The molecular weight excluding hydrogens is 342 g/mol. The third kappa shape index (κ3) is 3.42. The highest BCUT2D eigenvalue weighted by Gasteiger charge is 2.32. The molecule has 1 aromatic heterocycles. The van der Waals surface area contributed by atoms with Gasteiger partial charge in [-0.3, -0.25) is 4.31 Å². The molecule has 24 heavy (non-hydrogen) atoms. The Balaban J connectivity index is 1.84. The van der Waals surface area contributed by atoms with Gasteiger partial charge in [0.15, 0.2) is 5.13 Å². The van der Waals surface area contributed by atoms with Crippen LogP contribution in [0.1, 0.15) is 32.3 Å². The van der Waals surface area contributed by atoms with Gasteiger partial charge >= 0.3 is 0 Å². The van der Waals surface area contributed by atoms with Crippen molar-refractivity contribution in [3.63, 3.8) is 0 Å². The van der Waals surface area contributed by atoms with Gasteiger partial charge in [-0.1, -0.05) is 19.4 Å². The lowest BCUT2D eigenvalue weighted by atomic mass is 10.1. The van der Waals surface area contributed by atoms with Crippen LogP contribution in [0.15, 0.2) is 23.6 Å². The van der Waals surface area contributed by atoms with Crippen molar-refractivity contribution in [2.45, 2.75) is 39.2 Å². The van der Waals surface area contributed by atoms with Crippen LogP contribution in [-0.2, 0) is 16.4 Å². The zero-order chi connectivity index (χ0) is 17.3. The van der Waals surface area contributed by atoms with Crippen molar-refractivity contribution in [3.8, 4) is 11.3 Å². The zero-order valence-electron chi connectivity index (χ0n) is 14.2. The van der Waals surface area contributed by atoms with Gasteiger partial charge in [0, 0.05) is 23.5 Å². The molecule has 0 saturated carbocycles. The SMILES string of the molecule is CCCCNc1nc(-c2ccc3c(c2)C[C@@H](C)N3S(C)(=O)=O)cs1. The Morgan fingerprint density at radius 1 is 1.42 bits per heavy atom. The molecule has 3 rings (SSSR count). The third-order valence-electron chi connectivity index (χ3n) is 4.20. The summed E-state index contributed by atoms with van der Waals surface area (Å²) in [5.41, 5.74) is 3.84. The number of anilines is 2. The van der Waals surface area contributed by atoms with Crippen molar-refractivity contribution in [2.75, 3.05) is 22.4 Å². The number of nitrogens with one attached hydrogen (secondary N) is 1. The summed E-state index contributed by atoms with van der Waals surface area (Å²) in [6.45, 7) is 5.05. The summed E-state index contributed by atoms with van der Waals surface area (Å²) in [6.07, 6.45) is 4.29. The van der Waals surface area contributed by atoms with Crippen molar-refractivity contribution < 1.29 is 8.42 Å². The summed E-state index contributed by atoms with van der Waals surface area (Å²) in [5.74, 6) is 0. The van der Waals surface area contributed by atoms with Gasteiger partial charge < -0.3 is 5.32 Å². The molecule has 0 spiro atoms. The quantitative estimate of drug-likeness (QED) is 0.792. The fourth-order valence-electron chi connectivity index (χ4n) is 3.13. The van der Waals surface area contributed by atoms with Gasteiger partial charge in [-0.2, -0.15) is 0 Å². The number of fused-ring (bicyclic) bond motifs is 1. The number of thiazole rings is 1. The maximum absolute atomic E-state index is 12.0. The van der Waals surface area contributed by atoms with Gasteiger partial charge in [0.2, 0.25) is 10.0 Å². The molecule has 7 heteroatoms. The highest BCUT2D eigenvalue weighted by molar-refractivity contribution is 7.92. The molecule has 0 radical (unpaired) electrons. The van der Waals surface area contributed by atoms with Crippen LogP contribution in [0.3, 0.4) is 0 Å². The van der Waals surface area contributed by atoms with E-state index in [1.165, 1.54) is 10.6 Å². The largest absolute Gasteiger partial charge is 0.362 e. The number of hydrogen-bond donors (Lipinski definition) is 1. The Morgan fingerprint density at radius 3 is 2.92 bits per heavy atom. The van der Waals surface area contributed by atoms with Crippen LogP contribution in [0.2, 0.25) is 0 Å². The van der Waals surface area contributed by atoms with Crippen LogP contribution < -0.4 is 9.62 Å². The molecule has 0 aliphatic carbocycles. The van der Waals surface area contributed by atoms with Crippen molar-refractivity contribution in [2.24, 2.45) is 0 Å². The van der Waals surface area contributed by atoms with Crippen molar-refractivity contribution >= 4 is 32.2 Å². The van der Waals surface area contributed by atoms with Gasteiger partial charge in [-0.25, -0.2) is 13.4 Å². The Kier molecular flexibility index (Phi) is 4.83. The molecule has 1 N–H and O–H groups in total. The van der Waals surface area contributed by atoms with Crippen LogP contribution >= 0.6 is 11.3 Å². The molecule has 0 amide bonds. The first-order valence-electron chi connectivity index (χ1n) is 8.22. The monoisotopic (exact) mass is 365 g/mol. The van der Waals surface area contributed by atoms with Crippen molar-refractivity contribution in [3.05, 3.63) is 29.1 Å². The van der Waals surface area contributed by atoms with Crippen molar-refractivity contribution in [1.29, 1.82) is 0 Å². The first-order chi connectivity index (χ1) is 11.4. The van der Waals surface area contributed by atoms with Crippen LogP contribution in [0.4, 0.5) is 10.8 Å². The molecule has 0 unspecified atom stereocenters. The molecule has 2 heterocycles. The average molecular weight is 366 g/mol. The summed E-state index contributed by atoms with van der Waals surface area (Å²) in [5, 5.41) is 6.32. The van der Waals surface area contributed by atoms with E-state index in [1.54, 1.807) is 11.3 Å². The number of nitrogens with zero attached hydrogens (tertiary/aromatic N) is 2. The summed E-state index contributed by atoms with van der Waals surface area (Å²) < 4.78 is 25.5. The van der Waals surface area contributed by atoms with Gasteiger partial charge in [0.1, 0.15) is 0 Å². The smallest absolute Gasteiger partial charge is 0.232 e. The Bertz CT molecular complexity index is 830. The maximum atomic E-state index is 12.0. The van der Waals surface area contributed by atoms with Gasteiger partial charge in [0.05, 0.1) is 17.6 Å². The predicted octanol–water partition coefficient (Wildman–Crippen LogP) is 3.73. The molecule has 130 valence electrons. The van der Waals surface area contributed by atoms with Crippen LogP contribution in [-0.4, -0.2) is 32.2 Å². The standard InChI is InChI=1S/C17H23N3O2S2/c1-4-5-8-18-17-19-15(11-23-17)13-6-7-16-14(10-13)9-12(2)20(16)24(3,21)22/h6-7,10-12H,4-5,8-9H2,1-3H3,(H,18,19)/t12-/m1/s1. The van der Waals surface area contributed by atoms with E-state index in [9.17, 15) is 8.42 Å². The average Bonchev–Trinajstić information content (AvgIpc) is 3.09. The highest BCUT2D eigenvalue weighted by Crippen LogP contribution is 2.37. The highest BCUT2D eigenvalue weighted by atomic mass is 32.2. The van der Waals surface area contributed by atoms with Crippen LogP contribution in [0.25, 0.3) is 11.3 Å². The fraction of sp³-hybridized carbons (Fsp3) is 0.471. The lowest BCUT2D eigenvalue weighted by Crippen LogP contribution is -2.34. The lowest BCUT2D eigenvalue weighted by molar-refractivity contribution is 0.590. The van der Waals surface area contributed by atoms with E-state index >= 15 is 0 Å². The molecule has 0 saturated heterocycles. The van der Waals surface area contributed by atoms with Gasteiger partial charge in [-0.15, -0.1) is 11.3 Å². The van der Waals surface area contributed by atoms with E-state index in [2.05, 4.69) is 23.3 Å². The minimum absolute atomic E-state index is 0.0352. The second-order valence-corrected chi connectivity index (χ2v) is 8.99. The molecule has 5 nitrogen and oxygen atoms in total. The second-order valence-electron chi connectivity index (χ2n) is 6.27. The molecule has 2 aromatic rings. The minimum Gasteiger partial charge on any atom is -0.362 e. The number of sulfonamides is 1. The molecule has 1 aliphatic rings. The summed E-state index contributed by atoms with van der Waals surface area (Å²) in [6, 6.07) is 5.90. The van der Waals surface area contributed by atoms with E-state index < -0.39 is 10.0 Å². The Labute approximate surface area is 147 Å². The van der Waals surface area contributed by atoms with Crippen LogP contribution in [0, 0.1) is 0 Å². The molecule has 0 fully saturated rings. The number of unbranched alkanes of at least 4 members (excludes halogenated alkanes) is 1. The first-order valence-corrected chi connectivity index (χ1v) is 10.9. The summed E-state index contributed by atoms with van der Waals surface area (Å²) in [7, 11) is -3.24. The fourth-order valence-corrected chi connectivity index (χ4v) is 5.14. The number of benzene rings is 1. The second kappa shape index (κ2) is 6.72. The van der Waals surface area contributed by atoms with Crippen molar-refractivity contribution in [1.82, 2.24) is 4.98 Å². The topological polar surface area (TPSA) is 62.3 Å². The normalized spacial score (nSPS) is 17.1. The predicted molar refractivity (Wildman–Crippen MR) is 101 cm³/mol. The van der Waals surface area contributed by atoms with E-state index in [-0.39, 0.29) is 6.04 Å². The van der Waals surface area contributed by atoms with E-state index in [0.717, 1.165) is 53.4 Å². The Morgan fingerprint density at radius 2 is 2.21 bits per heavy atom. The number of aromatic nitrogens is 1. The first kappa shape index (κ1) is 17.2. The van der Waals surface area contributed by atoms with Gasteiger partial charge in [0.25, 0.3) is 0 Å². The molecule has 1 atom stereocenters. The minimum atomic E-state index is -3.24. The van der Waals surface area contributed by atoms with E-state index in [0.29, 0.717) is 0 Å². The maximum Gasteiger partial charge on any atom is 0.232 e. The van der Waals surface area contributed by atoms with Crippen LogP contribution in [0.5, 0.6) is 0 Å². The van der Waals surface area contributed by atoms with E-state index in [1.807, 2.05) is 24.4 Å². The summed E-state index contributed by atoms with van der Waals surface area (Å²) in [4.78, 5) is 4.64. The molecule has 1 aliphatic heterocycles. The summed E-state index contributed by atoms with van der Waals surface area (Å²) >= 11 is 1.60. The zero-order valence-corrected chi connectivity index (χ0v) is 15.9.